The molecule has 29 heavy (non-hydrogen) atoms. The molecule has 4 rings (SSSR count). The summed E-state index contributed by atoms with van der Waals surface area (Å²) in [7, 11) is 1.81. The van der Waals surface area contributed by atoms with Crippen molar-refractivity contribution in [2.75, 3.05) is 0 Å². The fraction of sp³-hybridized carbons (Fsp3) is 0.150. The lowest BCUT2D eigenvalue weighted by molar-refractivity contribution is 0.0949. The molecule has 9 heteroatoms. The summed E-state index contributed by atoms with van der Waals surface area (Å²) in [5.41, 5.74) is 3.57. The molecule has 0 aliphatic rings. The molecule has 0 unspecified atom stereocenters. The van der Waals surface area contributed by atoms with Gasteiger partial charge in [0.15, 0.2) is 0 Å². The lowest BCUT2D eigenvalue weighted by atomic mass is 10.1. The van der Waals surface area contributed by atoms with Gasteiger partial charge in [-0.05, 0) is 19.1 Å². The summed E-state index contributed by atoms with van der Waals surface area (Å²) < 4.78 is 6.96. The van der Waals surface area contributed by atoms with Crippen LogP contribution in [0.1, 0.15) is 21.8 Å². The number of carbonyl (C=O) groups is 1. The van der Waals surface area contributed by atoms with E-state index in [2.05, 4.69) is 25.5 Å². The molecule has 0 radical (unpaired) electrons. The first-order chi connectivity index (χ1) is 14.0. The van der Waals surface area contributed by atoms with Crippen LogP contribution in [0.25, 0.3) is 22.6 Å². The van der Waals surface area contributed by atoms with Crippen LogP contribution in [-0.2, 0) is 13.6 Å². The predicted octanol–water partition coefficient (Wildman–Crippen LogP) is 3.42. The second-order valence-electron chi connectivity index (χ2n) is 6.36. The molecule has 1 amide bonds. The number of halogens is 1. The molecule has 8 nitrogen and oxygen atoms in total. The van der Waals surface area contributed by atoms with Crippen molar-refractivity contribution in [1.82, 2.24) is 30.2 Å². The molecule has 0 fully saturated rings. The molecule has 0 saturated heterocycles. The fourth-order valence-electron chi connectivity index (χ4n) is 2.96. The van der Waals surface area contributed by atoms with Gasteiger partial charge in [-0.1, -0.05) is 35.0 Å². The highest BCUT2D eigenvalue weighted by atomic mass is 35.5. The Morgan fingerprint density at radius 1 is 1.24 bits per heavy atom. The van der Waals surface area contributed by atoms with Crippen LogP contribution < -0.4 is 5.32 Å². The Morgan fingerprint density at radius 3 is 2.83 bits per heavy atom. The van der Waals surface area contributed by atoms with E-state index in [-0.39, 0.29) is 12.5 Å². The Labute approximate surface area is 171 Å². The number of amides is 1. The lowest BCUT2D eigenvalue weighted by Gasteiger charge is -2.07. The molecular formula is C20H17ClN6O2. The molecule has 4 aromatic rings. The summed E-state index contributed by atoms with van der Waals surface area (Å²) in [4.78, 5) is 21.2. The van der Waals surface area contributed by atoms with Crippen molar-refractivity contribution in [3.8, 4) is 22.6 Å². The number of benzene rings is 1. The van der Waals surface area contributed by atoms with Gasteiger partial charge in [0.2, 0.25) is 0 Å². The number of rotatable bonds is 5. The van der Waals surface area contributed by atoms with E-state index >= 15 is 0 Å². The van der Waals surface area contributed by atoms with E-state index < -0.39 is 0 Å². The monoisotopic (exact) mass is 408 g/mol. The van der Waals surface area contributed by atoms with Crippen molar-refractivity contribution in [2.45, 2.75) is 13.5 Å². The summed E-state index contributed by atoms with van der Waals surface area (Å²) in [6.07, 6.45) is 4.85. The van der Waals surface area contributed by atoms with Gasteiger partial charge in [-0.3, -0.25) is 19.4 Å². The van der Waals surface area contributed by atoms with E-state index in [0.717, 1.165) is 5.69 Å². The smallest absolute Gasteiger partial charge is 0.257 e. The highest BCUT2D eigenvalue weighted by Crippen LogP contribution is 2.31. The van der Waals surface area contributed by atoms with E-state index in [4.69, 9.17) is 16.1 Å². The SMILES string of the molecule is Cc1onc(-c2ccccc2Cl)c1C(=O)NCc1cc(-c2cnccn2)nn1C. The van der Waals surface area contributed by atoms with Crippen molar-refractivity contribution in [1.29, 1.82) is 0 Å². The van der Waals surface area contributed by atoms with E-state index in [1.165, 1.54) is 0 Å². The summed E-state index contributed by atoms with van der Waals surface area (Å²) in [6, 6.07) is 9.04. The predicted molar refractivity (Wildman–Crippen MR) is 107 cm³/mol. The Morgan fingerprint density at radius 2 is 2.07 bits per heavy atom. The number of aromatic nitrogens is 5. The van der Waals surface area contributed by atoms with Gasteiger partial charge in [0.05, 0.1) is 23.5 Å². The first-order valence-electron chi connectivity index (χ1n) is 8.83. The summed E-state index contributed by atoms with van der Waals surface area (Å²) in [5.74, 6) is 0.114. The van der Waals surface area contributed by atoms with Gasteiger partial charge in [0.1, 0.15) is 28.4 Å². The fourth-order valence-corrected chi connectivity index (χ4v) is 3.19. The van der Waals surface area contributed by atoms with Gasteiger partial charge in [-0.15, -0.1) is 0 Å². The minimum absolute atomic E-state index is 0.273. The van der Waals surface area contributed by atoms with Crippen molar-refractivity contribution in [3.05, 3.63) is 71.0 Å². The first kappa shape index (κ1) is 18.8. The van der Waals surface area contributed by atoms with Crippen molar-refractivity contribution in [2.24, 2.45) is 7.05 Å². The zero-order chi connectivity index (χ0) is 20.4. The number of carbonyl (C=O) groups excluding carboxylic acids is 1. The maximum Gasteiger partial charge on any atom is 0.257 e. The molecule has 0 spiro atoms. The van der Waals surface area contributed by atoms with E-state index in [0.29, 0.717) is 39.0 Å². The summed E-state index contributed by atoms with van der Waals surface area (Å²) >= 11 is 6.26. The zero-order valence-corrected chi connectivity index (χ0v) is 16.5. The summed E-state index contributed by atoms with van der Waals surface area (Å²) in [5, 5.41) is 11.9. The number of nitrogens with one attached hydrogen (secondary N) is 1. The standard InChI is InChI=1S/C20H17ClN6O2/c1-12-18(19(26-29-12)14-5-3-4-6-15(14)21)20(28)24-10-13-9-16(25-27(13)2)17-11-22-7-8-23-17/h3-9,11H,10H2,1-2H3,(H,24,28). The highest BCUT2D eigenvalue weighted by molar-refractivity contribution is 6.33. The Hall–Kier alpha value is -3.52. The molecule has 0 bridgehead atoms. The molecule has 3 aromatic heterocycles. The van der Waals surface area contributed by atoms with E-state index in [1.54, 1.807) is 49.4 Å². The third-order valence-electron chi connectivity index (χ3n) is 4.45. The number of hydrogen-bond acceptors (Lipinski definition) is 6. The largest absolute Gasteiger partial charge is 0.360 e. The van der Waals surface area contributed by atoms with Crippen LogP contribution >= 0.6 is 11.6 Å². The highest BCUT2D eigenvalue weighted by Gasteiger charge is 2.23. The Bertz CT molecular complexity index is 1170. The second-order valence-corrected chi connectivity index (χ2v) is 6.77. The molecule has 1 N–H and O–H groups in total. The van der Waals surface area contributed by atoms with Crippen LogP contribution in [-0.4, -0.2) is 30.8 Å². The minimum atomic E-state index is -0.305. The van der Waals surface area contributed by atoms with Crippen molar-refractivity contribution >= 4 is 17.5 Å². The molecular weight excluding hydrogens is 392 g/mol. The van der Waals surface area contributed by atoms with Crippen LogP contribution in [0.3, 0.4) is 0 Å². The molecule has 0 aliphatic heterocycles. The van der Waals surface area contributed by atoms with Crippen LogP contribution in [0.15, 0.2) is 53.4 Å². The van der Waals surface area contributed by atoms with Crippen LogP contribution in [0.2, 0.25) is 5.02 Å². The number of aryl methyl sites for hydroxylation is 2. The topological polar surface area (TPSA) is 98.7 Å². The van der Waals surface area contributed by atoms with E-state index in [1.807, 2.05) is 18.2 Å². The molecule has 1 aromatic carbocycles. The van der Waals surface area contributed by atoms with Gasteiger partial charge in [0, 0.05) is 25.0 Å². The minimum Gasteiger partial charge on any atom is -0.360 e. The molecule has 0 saturated carbocycles. The second kappa shape index (κ2) is 7.84. The Kier molecular flexibility index (Phi) is 5.09. The third kappa shape index (κ3) is 3.74. The van der Waals surface area contributed by atoms with Crippen molar-refractivity contribution < 1.29 is 9.32 Å². The Balaban J connectivity index is 1.56. The third-order valence-corrected chi connectivity index (χ3v) is 4.78. The zero-order valence-electron chi connectivity index (χ0n) is 15.8. The molecule has 0 aliphatic carbocycles. The van der Waals surface area contributed by atoms with E-state index in [9.17, 15) is 4.79 Å². The molecule has 146 valence electrons. The average molecular weight is 409 g/mol. The number of nitrogens with zero attached hydrogens (tertiary/aromatic N) is 5. The molecule has 3 heterocycles. The van der Waals surface area contributed by atoms with Crippen LogP contribution in [0.5, 0.6) is 0 Å². The lowest BCUT2D eigenvalue weighted by Crippen LogP contribution is -2.24. The quantitative estimate of drug-likeness (QED) is 0.543. The van der Waals surface area contributed by atoms with Crippen LogP contribution in [0, 0.1) is 6.92 Å². The average Bonchev–Trinajstić information content (AvgIpc) is 3.30. The first-order valence-corrected chi connectivity index (χ1v) is 9.21. The van der Waals surface area contributed by atoms with Crippen molar-refractivity contribution in [3.63, 3.8) is 0 Å². The van der Waals surface area contributed by atoms with Crippen LogP contribution in [0.4, 0.5) is 0 Å². The summed E-state index contributed by atoms with van der Waals surface area (Å²) in [6.45, 7) is 1.97. The van der Waals surface area contributed by atoms with Gasteiger partial charge < -0.3 is 9.84 Å². The maximum absolute atomic E-state index is 12.9. The van der Waals surface area contributed by atoms with Gasteiger partial charge in [0.25, 0.3) is 5.91 Å². The van der Waals surface area contributed by atoms with Gasteiger partial charge in [-0.25, -0.2) is 0 Å². The molecule has 0 atom stereocenters. The maximum atomic E-state index is 12.9. The normalized spacial score (nSPS) is 10.9. The van der Waals surface area contributed by atoms with Gasteiger partial charge >= 0.3 is 0 Å². The van der Waals surface area contributed by atoms with Gasteiger partial charge in [-0.2, -0.15) is 5.10 Å². The number of hydrogen-bond donors (Lipinski definition) is 1.